The summed E-state index contributed by atoms with van der Waals surface area (Å²) in [6, 6.07) is 0. The van der Waals surface area contributed by atoms with Crippen LogP contribution in [0.1, 0.15) is 13.8 Å². The first-order valence-electron chi connectivity index (χ1n) is 4.02. The number of hydrogen-bond donors (Lipinski definition) is 1. The third kappa shape index (κ3) is 3.05. The zero-order valence-electron chi connectivity index (χ0n) is 7.61. The highest BCUT2D eigenvalue weighted by Crippen LogP contribution is 1.97. The molecule has 0 aliphatic carbocycles. The van der Waals surface area contributed by atoms with E-state index in [0.717, 1.165) is 0 Å². The summed E-state index contributed by atoms with van der Waals surface area (Å²) >= 11 is 0. The number of allylic oxidation sites excluding steroid dienone is 2. The summed E-state index contributed by atoms with van der Waals surface area (Å²) in [4.78, 5) is 18.8. The van der Waals surface area contributed by atoms with Gasteiger partial charge in [0.25, 0.3) is 0 Å². The van der Waals surface area contributed by atoms with Crippen molar-refractivity contribution in [3.8, 4) is 0 Å². The Morgan fingerprint density at radius 1 is 1.62 bits per heavy atom. The maximum atomic E-state index is 11.2. The van der Waals surface area contributed by atoms with E-state index in [-0.39, 0.29) is 11.8 Å². The number of nitrogens with zero attached hydrogens (tertiary/aromatic N) is 2. The van der Waals surface area contributed by atoms with Crippen LogP contribution in [0.4, 0.5) is 0 Å². The summed E-state index contributed by atoms with van der Waals surface area (Å²) in [6.07, 6.45) is 4.59. The van der Waals surface area contributed by atoms with Gasteiger partial charge in [-0.3, -0.25) is 4.79 Å². The molecule has 0 atom stereocenters. The minimum Gasteiger partial charge on any atom is -0.310 e. The summed E-state index contributed by atoms with van der Waals surface area (Å²) in [5.41, 5.74) is 0. The maximum absolute atomic E-state index is 11.2. The fraction of sp³-hybridized carbons (Fsp3) is 0.333. The highest BCUT2D eigenvalue weighted by molar-refractivity contribution is 5.81. The van der Waals surface area contributed by atoms with Crippen LogP contribution in [0.2, 0.25) is 0 Å². The van der Waals surface area contributed by atoms with Gasteiger partial charge in [0.05, 0.1) is 0 Å². The molecule has 0 aromatic heterocycles. The van der Waals surface area contributed by atoms with Crippen molar-refractivity contribution in [3.05, 3.63) is 18.0 Å². The Balaban J connectivity index is 2.61. The lowest BCUT2D eigenvalue weighted by Gasteiger charge is -2.05. The Kier molecular flexibility index (Phi) is 3.17. The van der Waals surface area contributed by atoms with Gasteiger partial charge in [-0.15, -0.1) is 0 Å². The van der Waals surface area contributed by atoms with Crippen molar-refractivity contribution < 1.29 is 4.79 Å². The molecule has 0 aromatic carbocycles. The Labute approximate surface area is 76.8 Å². The molecular weight excluding hydrogens is 166 g/mol. The number of carbonyl (C=O) groups is 1. The molecule has 1 N–H and O–H groups in total. The lowest BCUT2D eigenvalue weighted by atomic mass is 10.2. The van der Waals surface area contributed by atoms with Crippen molar-refractivity contribution >= 4 is 18.1 Å². The third-order valence-corrected chi connectivity index (χ3v) is 1.42. The molecule has 0 saturated heterocycles. The SMILES string of the molecule is CC(C)C(=O)NC1=CC=C=NC=N1. The van der Waals surface area contributed by atoms with Crippen LogP contribution in [0.5, 0.6) is 0 Å². The molecule has 13 heavy (non-hydrogen) atoms. The quantitative estimate of drug-likeness (QED) is 0.668. The first-order chi connectivity index (χ1) is 6.20. The van der Waals surface area contributed by atoms with Gasteiger partial charge < -0.3 is 5.32 Å². The zero-order chi connectivity index (χ0) is 9.68. The second-order valence-corrected chi connectivity index (χ2v) is 2.87. The van der Waals surface area contributed by atoms with Crippen LogP contribution in [0, 0.1) is 5.92 Å². The predicted molar refractivity (Wildman–Crippen MR) is 51.6 cm³/mol. The summed E-state index contributed by atoms with van der Waals surface area (Å²) < 4.78 is 0. The second kappa shape index (κ2) is 4.38. The lowest BCUT2D eigenvalue weighted by Crippen LogP contribution is -2.26. The van der Waals surface area contributed by atoms with Gasteiger partial charge in [0, 0.05) is 12.0 Å². The molecule has 0 aromatic rings. The Morgan fingerprint density at radius 3 is 3.08 bits per heavy atom. The fourth-order valence-corrected chi connectivity index (χ4v) is 0.671. The minimum atomic E-state index is -0.0568. The van der Waals surface area contributed by atoms with Gasteiger partial charge in [0.15, 0.2) is 0 Å². The number of aliphatic imine (C=N–C) groups is 2. The van der Waals surface area contributed by atoms with Crippen LogP contribution in [0.3, 0.4) is 0 Å². The maximum Gasteiger partial charge on any atom is 0.228 e. The van der Waals surface area contributed by atoms with Gasteiger partial charge in [-0.1, -0.05) is 13.8 Å². The summed E-state index contributed by atoms with van der Waals surface area (Å²) in [6.45, 7) is 3.64. The molecule has 0 fully saturated rings. The molecule has 0 radical (unpaired) electrons. The summed E-state index contributed by atoms with van der Waals surface area (Å²) in [5.74, 6) is 2.99. The average Bonchev–Trinajstić information content (AvgIpc) is 2.32. The van der Waals surface area contributed by atoms with Crippen LogP contribution in [0.15, 0.2) is 28.0 Å². The first-order valence-corrected chi connectivity index (χ1v) is 4.02. The molecule has 0 bridgehead atoms. The van der Waals surface area contributed by atoms with Gasteiger partial charge in [0.1, 0.15) is 12.2 Å². The van der Waals surface area contributed by atoms with Crippen molar-refractivity contribution in [2.75, 3.05) is 0 Å². The predicted octanol–water partition coefficient (Wildman–Crippen LogP) is 0.868. The van der Waals surface area contributed by atoms with Crippen LogP contribution in [-0.2, 0) is 4.79 Å². The number of carbonyl (C=O) groups excluding carboxylic acids is 1. The van der Waals surface area contributed by atoms with Gasteiger partial charge in [0.2, 0.25) is 5.91 Å². The Hall–Kier alpha value is -1.67. The molecule has 1 heterocycles. The molecule has 4 heteroatoms. The topological polar surface area (TPSA) is 53.8 Å². The van der Waals surface area contributed by atoms with E-state index in [0.29, 0.717) is 5.82 Å². The van der Waals surface area contributed by atoms with Crippen LogP contribution in [-0.4, -0.2) is 18.1 Å². The molecular formula is C9H11N3O. The van der Waals surface area contributed by atoms with Gasteiger partial charge in [-0.25, -0.2) is 4.99 Å². The van der Waals surface area contributed by atoms with E-state index in [4.69, 9.17) is 0 Å². The first kappa shape index (κ1) is 9.42. The Morgan fingerprint density at radius 2 is 2.38 bits per heavy atom. The smallest absolute Gasteiger partial charge is 0.228 e. The van der Waals surface area contributed by atoms with E-state index in [1.807, 2.05) is 13.8 Å². The summed E-state index contributed by atoms with van der Waals surface area (Å²) in [7, 11) is 0. The lowest BCUT2D eigenvalue weighted by molar-refractivity contribution is -0.123. The average molecular weight is 177 g/mol. The molecule has 0 unspecified atom stereocenters. The molecule has 0 spiro atoms. The number of amides is 1. The molecule has 4 nitrogen and oxygen atoms in total. The molecule has 1 aliphatic rings. The standard InChI is InChI=1S/C9H11N3O/c1-7(2)9(13)12-8-4-3-5-10-6-11-8/h3-4,6-7H,1-2H3,(H,12,13). The number of nitrogens with one attached hydrogen (secondary N) is 1. The van der Waals surface area contributed by atoms with Crippen molar-refractivity contribution in [2.45, 2.75) is 13.8 Å². The van der Waals surface area contributed by atoms with Crippen LogP contribution < -0.4 is 5.32 Å². The highest BCUT2D eigenvalue weighted by Gasteiger charge is 2.07. The number of hydrogen-bond acceptors (Lipinski definition) is 3. The highest BCUT2D eigenvalue weighted by atomic mass is 16.1. The van der Waals surface area contributed by atoms with Gasteiger partial charge in [-0.2, -0.15) is 4.99 Å². The monoisotopic (exact) mass is 177 g/mol. The van der Waals surface area contributed by atoms with Crippen molar-refractivity contribution in [3.63, 3.8) is 0 Å². The van der Waals surface area contributed by atoms with Gasteiger partial charge >= 0.3 is 0 Å². The molecule has 68 valence electrons. The van der Waals surface area contributed by atoms with Crippen molar-refractivity contribution in [2.24, 2.45) is 15.9 Å². The van der Waals surface area contributed by atoms with E-state index < -0.39 is 0 Å². The molecule has 1 amide bonds. The molecule has 1 aliphatic heterocycles. The third-order valence-electron chi connectivity index (χ3n) is 1.42. The fourth-order valence-electron chi connectivity index (χ4n) is 0.671. The minimum absolute atomic E-state index is 0.0516. The van der Waals surface area contributed by atoms with Crippen LogP contribution in [0.25, 0.3) is 0 Å². The number of rotatable bonds is 2. The zero-order valence-corrected chi connectivity index (χ0v) is 7.61. The van der Waals surface area contributed by atoms with Crippen molar-refractivity contribution in [1.82, 2.24) is 5.32 Å². The van der Waals surface area contributed by atoms with E-state index in [1.165, 1.54) is 6.34 Å². The normalized spacial score (nSPS) is 14.2. The van der Waals surface area contributed by atoms with Gasteiger partial charge in [-0.05, 0) is 11.9 Å². The second-order valence-electron chi connectivity index (χ2n) is 2.87. The van der Waals surface area contributed by atoms with E-state index in [2.05, 4.69) is 21.2 Å². The van der Waals surface area contributed by atoms with E-state index in [9.17, 15) is 4.79 Å². The molecule has 0 saturated carbocycles. The largest absolute Gasteiger partial charge is 0.310 e. The van der Waals surface area contributed by atoms with E-state index in [1.54, 1.807) is 12.2 Å². The van der Waals surface area contributed by atoms with E-state index >= 15 is 0 Å². The molecule has 1 rings (SSSR count). The van der Waals surface area contributed by atoms with Crippen LogP contribution >= 0.6 is 0 Å². The Bertz CT molecular complexity index is 320. The summed E-state index contributed by atoms with van der Waals surface area (Å²) in [5, 5.41) is 2.65. The van der Waals surface area contributed by atoms with Crippen molar-refractivity contribution in [1.29, 1.82) is 0 Å².